The second-order valence-corrected chi connectivity index (χ2v) is 2.71. The van der Waals surface area contributed by atoms with Crippen molar-refractivity contribution < 1.29 is 13.9 Å². The zero-order chi connectivity index (χ0) is 10.6. The van der Waals surface area contributed by atoms with Gasteiger partial charge in [0.25, 0.3) is 0 Å². The van der Waals surface area contributed by atoms with Crippen LogP contribution in [0.25, 0.3) is 0 Å². The minimum absolute atomic E-state index is 0.241. The topological polar surface area (TPSA) is 26.3 Å². The molecular weight excluding hydrogens is 183 g/mol. The largest absolute Gasteiger partial charge is 0.496 e. The Kier molecular flexibility index (Phi) is 3.40. The second-order valence-electron chi connectivity index (χ2n) is 2.71. The molecule has 0 bridgehead atoms. The van der Waals surface area contributed by atoms with E-state index >= 15 is 0 Å². The highest BCUT2D eigenvalue weighted by Gasteiger charge is 2.09. The van der Waals surface area contributed by atoms with Gasteiger partial charge in [0.1, 0.15) is 11.6 Å². The van der Waals surface area contributed by atoms with E-state index in [1.807, 2.05) is 0 Å². The lowest BCUT2D eigenvalue weighted by molar-refractivity contribution is 0.104. The molecular formula is C11H11FO2. The quantitative estimate of drug-likeness (QED) is 0.546. The van der Waals surface area contributed by atoms with E-state index in [4.69, 9.17) is 4.74 Å². The Bertz CT molecular complexity index is 370. The highest BCUT2D eigenvalue weighted by molar-refractivity contribution is 6.06. The zero-order valence-corrected chi connectivity index (χ0v) is 8.08. The summed E-state index contributed by atoms with van der Waals surface area (Å²) in [6.07, 6.45) is 2.98. The molecule has 0 radical (unpaired) electrons. The highest BCUT2D eigenvalue weighted by atomic mass is 19.1. The molecule has 0 N–H and O–H groups in total. The molecule has 74 valence electrons. The highest BCUT2D eigenvalue weighted by Crippen LogP contribution is 2.20. The van der Waals surface area contributed by atoms with Gasteiger partial charge in [-0.05, 0) is 31.2 Å². The molecule has 0 fully saturated rings. The van der Waals surface area contributed by atoms with Crippen LogP contribution in [0.1, 0.15) is 17.3 Å². The van der Waals surface area contributed by atoms with Crippen LogP contribution in [0.2, 0.25) is 0 Å². The number of benzene rings is 1. The van der Waals surface area contributed by atoms with Crippen molar-refractivity contribution in [2.75, 3.05) is 7.11 Å². The first-order valence-electron chi connectivity index (χ1n) is 4.19. The second kappa shape index (κ2) is 4.56. The third-order valence-electron chi connectivity index (χ3n) is 1.75. The minimum Gasteiger partial charge on any atom is -0.496 e. The van der Waals surface area contributed by atoms with E-state index in [-0.39, 0.29) is 11.3 Å². The van der Waals surface area contributed by atoms with Crippen molar-refractivity contribution in [2.45, 2.75) is 6.92 Å². The summed E-state index contributed by atoms with van der Waals surface area (Å²) >= 11 is 0. The van der Waals surface area contributed by atoms with E-state index in [9.17, 15) is 9.18 Å². The van der Waals surface area contributed by atoms with Crippen molar-refractivity contribution >= 4 is 5.78 Å². The fourth-order valence-corrected chi connectivity index (χ4v) is 1.11. The third-order valence-corrected chi connectivity index (χ3v) is 1.75. The van der Waals surface area contributed by atoms with Gasteiger partial charge in [0, 0.05) is 0 Å². The Morgan fingerprint density at radius 2 is 2.21 bits per heavy atom. The van der Waals surface area contributed by atoms with Gasteiger partial charge in [0.2, 0.25) is 0 Å². The van der Waals surface area contributed by atoms with Gasteiger partial charge in [-0.1, -0.05) is 6.08 Å². The lowest BCUT2D eigenvalue weighted by atomic mass is 10.1. The van der Waals surface area contributed by atoms with Gasteiger partial charge in [0.05, 0.1) is 12.7 Å². The third kappa shape index (κ3) is 2.19. The summed E-state index contributed by atoms with van der Waals surface area (Å²) in [7, 11) is 1.44. The smallest absolute Gasteiger partial charge is 0.189 e. The summed E-state index contributed by atoms with van der Waals surface area (Å²) in [6.45, 7) is 1.73. The van der Waals surface area contributed by atoms with Gasteiger partial charge in [0.15, 0.2) is 5.78 Å². The van der Waals surface area contributed by atoms with Crippen LogP contribution in [-0.4, -0.2) is 12.9 Å². The molecule has 0 amide bonds. The van der Waals surface area contributed by atoms with Crippen LogP contribution in [0, 0.1) is 5.82 Å². The molecule has 0 unspecified atom stereocenters. The SMILES string of the molecule is CC=CC(=O)c1cc(F)ccc1OC. The number of hydrogen-bond acceptors (Lipinski definition) is 2. The Labute approximate surface area is 82.0 Å². The summed E-state index contributed by atoms with van der Waals surface area (Å²) in [5.74, 6) is -0.322. The summed E-state index contributed by atoms with van der Waals surface area (Å²) < 4.78 is 17.8. The number of carbonyl (C=O) groups is 1. The first-order valence-corrected chi connectivity index (χ1v) is 4.19. The van der Waals surface area contributed by atoms with E-state index in [2.05, 4.69) is 0 Å². The maximum absolute atomic E-state index is 12.9. The average Bonchev–Trinajstić information content (AvgIpc) is 2.18. The normalized spacial score (nSPS) is 10.5. The van der Waals surface area contributed by atoms with Crippen molar-refractivity contribution in [3.63, 3.8) is 0 Å². The van der Waals surface area contributed by atoms with E-state index in [1.54, 1.807) is 13.0 Å². The Morgan fingerprint density at radius 1 is 1.50 bits per heavy atom. The molecule has 0 saturated carbocycles. The number of halogens is 1. The maximum Gasteiger partial charge on any atom is 0.189 e. The Morgan fingerprint density at radius 3 is 2.79 bits per heavy atom. The molecule has 14 heavy (non-hydrogen) atoms. The van der Waals surface area contributed by atoms with Crippen LogP contribution < -0.4 is 4.74 Å². The van der Waals surface area contributed by atoms with Gasteiger partial charge in [-0.2, -0.15) is 0 Å². The molecule has 2 nitrogen and oxygen atoms in total. The van der Waals surface area contributed by atoms with Gasteiger partial charge in [-0.25, -0.2) is 4.39 Å². The number of ketones is 1. The van der Waals surface area contributed by atoms with Gasteiger partial charge < -0.3 is 4.74 Å². The number of rotatable bonds is 3. The van der Waals surface area contributed by atoms with Crippen molar-refractivity contribution in [1.29, 1.82) is 0 Å². The van der Waals surface area contributed by atoms with Crippen LogP contribution in [0.3, 0.4) is 0 Å². The fourth-order valence-electron chi connectivity index (χ4n) is 1.11. The lowest BCUT2D eigenvalue weighted by Gasteiger charge is -2.04. The Balaban J connectivity index is 3.16. The van der Waals surface area contributed by atoms with E-state index in [0.717, 1.165) is 0 Å². The fraction of sp³-hybridized carbons (Fsp3) is 0.182. The van der Waals surface area contributed by atoms with Crippen molar-refractivity contribution in [1.82, 2.24) is 0 Å². The molecule has 0 spiro atoms. The summed E-state index contributed by atoms with van der Waals surface area (Å²) in [4.78, 5) is 11.4. The van der Waals surface area contributed by atoms with Crippen LogP contribution in [-0.2, 0) is 0 Å². The van der Waals surface area contributed by atoms with Crippen LogP contribution in [0.4, 0.5) is 4.39 Å². The molecule has 0 atom stereocenters. The predicted molar refractivity (Wildman–Crippen MR) is 52.1 cm³/mol. The molecule has 1 aromatic carbocycles. The lowest BCUT2D eigenvalue weighted by Crippen LogP contribution is -1.99. The van der Waals surface area contributed by atoms with Crippen LogP contribution in [0.15, 0.2) is 30.4 Å². The summed E-state index contributed by atoms with van der Waals surface area (Å²) in [5.41, 5.74) is 0.241. The molecule has 3 heteroatoms. The molecule has 0 saturated heterocycles. The molecule has 0 aliphatic rings. The molecule has 1 aromatic rings. The molecule has 0 aliphatic heterocycles. The average molecular weight is 194 g/mol. The van der Waals surface area contributed by atoms with Crippen LogP contribution >= 0.6 is 0 Å². The Hall–Kier alpha value is -1.64. The summed E-state index contributed by atoms with van der Waals surface area (Å²) in [5, 5.41) is 0. The number of allylic oxidation sites excluding steroid dienone is 2. The van der Waals surface area contributed by atoms with Gasteiger partial charge >= 0.3 is 0 Å². The predicted octanol–water partition coefficient (Wildman–Crippen LogP) is 2.59. The summed E-state index contributed by atoms with van der Waals surface area (Å²) in [6, 6.07) is 3.86. The van der Waals surface area contributed by atoms with Crippen molar-refractivity contribution in [3.05, 3.63) is 41.7 Å². The number of hydrogen-bond donors (Lipinski definition) is 0. The van der Waals surface area contributed by atoms with Crippen molar-refractivity contribution in [2.24, 2.45) is 0 Å². The molecule has 0 aliphatic carbocycles. The van der Waals surface area contributed by atoms with Crippen molar-refractivity contribution in [3.8, 4) is 5.75 Å². The molecule has 0 aromatic heterocycles. The number of methoxy groups -OCH3 is 1. The number of carbonyl (C=O) groups excluding carboxylic acids is 1. The standard InChI is InChI=1S/C11H11FO2/c1-3-4-10(13)9-7-8(12)5-6-11(9)14-2/h3-7H,1-2H3. The van der Waals surface area contributed by atoms with E-state index in [0.29, 0.717) is 5.75 Å². The molecule has 1 rings (SSSR count). The monoisotopic (exact) mass is 194 g/mol. The first-order chi connectivity index (χ1) is 6.69. The number of ether oxygens (including phenoxy) is 1. The van der Waals surface area contributed by atoms with E-state index < -0.39 is 5.82 Å². The first kappa shape index (κ1) is 10.4. The maximum atomic E-state index is 12.9. The molecule has 0 heterocycles. The zero-order valence-electron chi connectivity index (χ0n) is 8.08. The van der Waals surface area contributed by atoms with E-state index in [1.165, 1.54) is 31.4 Å². The minimum atomic E-state index is -0.446. The van der Waals surface area contributed by atoms with Crippen LogP contribution in [0.5, 0.6) is 5.75 Å². The van der Waals surface area contributed by atoms with Gasteiger partial charge in [-0.15, -0.1) is 0 Å². The van der Waals surface area contributed by atoms with Gasteiger partial charge in [-0.3, -0.25) is 4.79 Å².